The number of β-lactam (4-membered cyclic amide) rings is 1. The molecule has 0 bridgehead atoms. The molecule has 9 nitrogen and oxygen atoms in total. The third-order valence-electron chi connectivity index (χ3n) is 5.05. The van der Waals surface area contributed by atoms with Crippen molar-refractivity contribution >= 4 is 33.8 Å². The lowest BCUT2D eigenvalue weighted by Gasteiger charge is -2.43. The van der Waals surface area contributed by atoms with E-state index in [0.717, 1.165) is 4.91 Å². The number of thioether (sulfide) groups is 1. The molecule has 0 aromatic carbocycles. The molecule has 5 atom stereocenters. The number of rotatable bonds is 6. The number of nitrogens with one attached hydrogen (secondary N) is 2. The first-order valence-corrected chi connectivity index (χ1v) is 10.5. The van der Waals surface area contributed by atoms with Crippen LogP contribution in [-0.4, -0.2) is 60.7 Å². The number of hydrogen-bond acceptors (Lipinski definition) is 6. The number of carbonyl (C=O) groups is 2. The van der Waals surface area contributed by atoms with E-state index in [-0.39, 0.29) is 47.3 Å². The van der Waals surface area contributed by atoms with Gasteiger partial charge in [-0.05, 0) is 6.42 Å². The van der Waals surface area contributed by atoms with Crippen LogP contribution in [0.3, 0.4) is 0 Å². The zero-order valence-electron chi connectivity index (χ0n) is 13.9. The molecule has 2 fully saturated rings. The van der Waals surface area contributed by atoms with E-state index in [1.807, 2.05) is 13.8 Å². The predicted octanol–water partition coefficient (Wildman–Crippen LogP) is -0.964. The van der Waals surface area contributed by atoms with Gasteiger partial charge in [0.2, 0.25) is 5.91 Å². The number of aliphatic carboxylic acids is 1. The normalized spacial score (nSPS) is 35.1. The highest BCUT2D eigenvalue weighted by Crippen LogP contribution is 2.50. The fourth-order valence-electron chi connectivity index (χ4n) is 3.85. The van der Waals surface area contributed by atoms with Crippen molar-refractivity contribution in [2.75, 3.05) is 13.1 Å². The Morgan fingerprint density at radius 3 is 2.72 bits per heavy atom. The maximum Gasteiger partial charge on any atom is 0.353 e. The second kappa shape index (κ2) is 6.54. The molecular weight excluding hydrogens is 368 g/mol. The van der Waals surface area contributed by atoms with Gasteiger partial charge in [-0.2, -0.15) is 8.42 Å². The second-order valence-electron chi connectivity index (χ2n) is 6.77. The summed E-state index contributed by atoms with van der Waals surface area (Å²) in [4.78, 5) is 25.9. The van der Waals surface area contributed by atoms with Crippen molar-refractivity contribution in [3.63, 3.8) is 0 Å². The monoisotopic (exact) mass is 390 g/mol. The number of hydrogen-bond donors (Lipinski definition) is 4. The molecule has 3 rings (SSSR count). The lowest BCUT2D eigenvalue weighted by molar-refractivity contribution is -0.155. The van der Waals surface area contributed by atoms with Crippen molar-refractivity contribution in [1.29, 1.82) is 0 Å². The Labute approximate surface area is 150 Å². The topological polar surface area (TPSA) is 142 Å². The van der Waals surface area contributed by atoms with Crippen LogP contribution in [-0.2, 0) is 19.8 Å². The van der Waals surface area contributed by atoms with Gasteiger partial charge in [0.05, 0.1) is 12.0 Å². The minimum absolute atomic E-state index is 0.00889. The van der Waals surface area contributed by atoms with Gasteiger partial charge in [0.1, 0.15) is 5.70 Å². The van der Waals surface area contributed by atoms with Crippen LogP contribution in [0.2, 0.25) is 0 Å². The van der Waals surface area contributed by atoms with E-state index in [1.165, 1.54) is 16.7 Å². The molecule has 0 aromatic heterocycles. The average Bonchev–Trinajstić information content (AvgIpc) is 3.06. The number of nitrogens with two attached hydrogens (primary N) is 1. The van der Waals surface area contributed by atoms with E-state index in [9.17, 15) is 23.1 Å². The molecule has 0 unspecified atom stereocenters. The minimum Gasteiger partial charge on any atom is -0.477 e. The van der Waals surface area contributed by atoms with Crippen LogP contribution >= 0.6 is 11.8 Å². The van der Waals surface area contributed by atoms with Gasteiger partial charge in [0.15, 0.2) is 0 Å². The number of carboxylic acid groups (broad SMARTS) is 1. The molecular formula is C14H22N4O5S2. The molecule has 25 heavy (non-hydrogen) atoms. The number of carbonyl (C=O) groups excluding carboxylic acids is 1. The third kappa shape index (κ3) is 3.43. The van der Waals surface area contributed by atoms with Crippen molar-refractivity contribution in [2.45, 2.75) is 37.6 Å². The summed E-state index contributed by atoms with van der Waals surface area (Å²) in [5, 5.41) is 17.8. The summed E-state index contributed by atoms with van der Waals surface area (Å²) in [7, 11) is -3.73. The largest absolute Gasteiger partial charge is 0.477 e. The van der Waals surface area contributed by atoms with Gasteiger partial charge in [-0.3, -0.25) is 4.79 Å². The highest BCUT2D eigenvalue weighted by atomic mass is 32.2. The summed E-state index contributed by atoms with van der Waals surface area (Å²) in [6.45, 7) is 4.62. The van der Waals surface area contributed by atoms with E-state index in [0.29, 0.717) is 13.0 Å². The van der Waals surface area contributed by atoms with Gasteiger partial charge < -0.3 is 15.3 Å². The van der Waals surface area contributed by atoms with Crippen LogP contribution in [0.1, 0.15) is 20.3 Å². The quantitative estimate of drug-likeness (QED) is 0.428. The van der Waals surface area contributed by atoms with Crippen LogP contribution in [0.15, 0.2) is 10.6 Å². The smallest absolute Gasteiger partial charge is 0.353 e. The summed E-state index contributed by atoms with van der Waals surface area (Å²) in [6, 6.07) is -0.130. The van der Waals surface area contributed by atoms with Crippen LogP contribution < -0.4 is 15.2 Å². The predicted molar refractivity (Wildman–Crippen MR) is 92.5 cm³/mol. The lowest BCUT2D eigenvalue weighted by Crippen LogP contribution is -2.59. The van der Waals surface area contributed by atoms with E-state index in [4.69, 9.17) is 5.14 Å². The van der Waals surface area contributed by atoms with Gasteiger partial charge in [0, 0.05) is 35.2 Å². The van der Waals surface area contributed by atoms with Gasteiger partial charge in [-0.1, -0.05) is 13.8 Å². The molecule has 11 heteroatoms. The maximum atomic E-state index is 12.0. The molecule has 3 aliphatic heterocycles. The molecule has 0 aromatic rings. The Bertz CT molecular complexity index is 738. The standard InChI is InChI=1S/C14H22N4O5S2/c1-6-10-7(2)13(19)18(10)11(14(20)21)12(6)24-9-3-8(16-5-9)4-17-25(15,22)23/h6-10,16-17H,3-5H2,1-2H3,(H,20,21)(H2,15,22,23)/t6-,7+,8+,9+,10+/m1/s1. The summed E-state index contributed by atoms with van der Waals surface area (Å²) >= 11 is 1.48. The van der Waals surface area contributed by atoms with Gasteiger partial charge >= 0.3 is 5.97 Å². The molecule has 140 valence electrons. The number of nitrogens with zero attached hydrogens (tertiary/aromatic N) is 1. The zero-order chi connectivity index (χ0) is 18.5. The number of carboxylic acids is 1. The van der Waals surface area contributed by atoms with E-state index < -0.39 is 16.2 Å². The van der Waals surface area contributed by atoms with Gasteiger partial charge in [-0.25, -0.2) is 14.7 Å². The highest BCUT2D eigenvalue weighted by molar-refractivity contribution is 8.03. The van der Waals surface area contributed by atoms with Gasteiger partial charge in [0.25, 0.3) is 10.2 Å². The van der Waals surface area contributed by atoms with Crippen LogP contribution in [0.25, 0.3) is 0 Å². The molecule has 5 N–H and O–H groups in total. The van der Waals surface area contributed by atoms with Crippen molar-refractivity contribution in [1.82, 2.24) is 14.9 Å². The summed E-state index contributed by atoms with van der Waals surface area (Å²) in [5.74, 6) is -1.37. The Balaban J connectivity index is 1.68. The average molecular weight is 390 g/mol. The first-order chi connectivity index (χ1) is 11.6. The molecule has 0 saturated carbocycles. The van der Waals surface area contributed by atoms with Crippen molar-refractivity contribution in [2.24, 2.45) is 17.0 Å². The highest BCUT2D eigenvalue weighted by Gasteiger charge is 2.56. The summed E-state index contributed by atoms with van der Waals surface area (Å²) in [5.41, 5.74) is 0.108. The first kappa shape index (κ1) is 18.6. The van der Waals surface area contributed by atoms with Crippen LogP contribution in [0, 0.1) is 11.8 Å². The van der Waals surface area contributed by atoms with Crippen molar-refractivity contribution in [3.8, 4) is 0 Å². The first-order valence-electron chi connectivity index (χ1n) is 8.08. The third-order valence-corrected chi connectivity index (χ3v) is 7.13. The van der Waals surface area contributed by atoms with E-state index >= 15 is 0 Å². The van der Waals surface area contributed by atoms with Crippen molar-refractivity contribution < 1.29 is 23.1 Å². The van der Waals surface area contributed by atoms with Gasteiger partial charge in [-0.15, -0.1) is 11.8 Å². The molecule has 1 amide bonds. The van der Waals surface area contributed by atoms with Crippen molar-refractivity contribution in [3.05, 3.63) is 10.6 Å². The molecule has 2 saturated heterocycles. The molecule has 0 aliphatic carbocycles. The number of amides is 1. The number of fused-ring (bicyclic) bond motifs is 1. The van der Waals surface area contributed by atoms with E-state index in [1.54, 1.807) is 0 Å². The second-order valence-corrected chi connectivity index (χ2v) is 9.49. The minimum atomic E-state index is -3.73. The Kier molecular flexibility index (Phi) is 4.88. The summed E-state index contributed by atoms with van der Waals surface area (Å²) < 4.78 is 24.2. The Morgan fingerprint density at radius 2 is 2.12 bits per heavy atom. The SMILES string of the molecule is C[C@@H]1C(=O)N2C(C(=O)O)=C(S[C@@H]3CN[C@H](CNS(N)(=O)=O)C3)[C@H](C)[C@@H]12. The Morgan fingerprint density at radius 1 is 1.44 bits per heavy atom. The molecule has 0 spiro atoms. The Hall–Kier alpha value is -1.14. The fraction of sp³-hybridized carbons (Fsp3) is 0.714. The van der Waals surface area contributed by atoms with Crippen LogP contribution in [0.5, 0.6) is 0 Å². The zero-order valence-corrected chi connectivity index (χ0v) is 15.6. The molecule has 3 heterocycles. The molecule has 0 radical (unpaired) electrons. The van der Waals surface area contributed by atoms with E-state index in [2.05, 4.69) is 10.0 Å². The summed E-state index contributed by atoms with van der Waals surface area (Å²) in [6.07, 6.45) is 0.685. The van der Waals surface area contributed by atoms with Crippen LogP contribution in [0.4, 0.5) is 0 Å². The molecule has 3 aliphatic rings. The maximum absolute atomic E-state index is 12.0. The fourth-order valence-corrected chi connectivity index (χ4v) is 5.81. The lowest BCUT2D eigenvalue weighted by atomic mass is 9.84.